The number of amides is 1. The van der Waals surface area contributed by atoms with Crippen molar-refractivity contribution in [3.8, 4) is 5.75 Å². The van der Waals surface area contributed by atoms with Crippen molar-refractivity contribution < 1.29 is 9.53 Å². The standard InChI is InChI=1S/C19H27NO2/c1-14-7-9-16(10-8-14)20(17-11-12-17)19(21)13-15-5-3-4-6-18(15)22-2/h3-6,14,16-17H,7-13H2,1-2H3. The molecule has 0 spiro atoms. The largest absolute Gasteiger partial charge is 0.496 e. The van der Waals surface area contributed by atoms with Gasteiger partial charge in [0.05, 0.1) is 13.5 Å². The first-order valence-corrected chi connectivity index (χ1v) is 8.62. The second-order valence-electron chi connectivity index (χ2n) is 6.93. The summed E-state index contributed by atoms with van der Waals surface area (Å²) in [5.41, 5.74) is 1.00. The van der Waals surface area contributed by atoms with Crippen molar-refractivity contribution in [2.24, 2.45) is 5.92 Å². The lowest BCUT2D eigenvalue weighted by Crippen LogP contribution is -2.44. The molecule has 2 fully saturated rings. The number of nitrogens with zero attached hydrogens (tertiary/aromatic N) is 1. The van der Waals surface area contributed by atoms with E-state index in [1.54, 1.807) is 7.11 Å². The van der Waals surface area contributed by atoms with E-state index in [4.69, 9.17) is 4.74 Å². The minimum absolute atomic E-state index is 0.284. The minimum atomic E-state index is 0.284. The Balaban J connectivity index is 1.70. The molecule has 22 heavy (non-hydrogen) atoms. The van der Waals surface area contributed by atoms with Crippen LogP contribution in [0, 0.1) is 5.92 Å². The molecule has 0 radical (unpaired) electrons. The van der Waals surface area contributed by atoms with E-state index in [1.165, 1.54) is 38.5 Å². The molecule has 0 unspecified atom stereocenters. The Hall–Kier alpha value is -1.51. The molecule has 1 aromatic rings. The first kappa shape index (κ1) is 15.4. The van der Waals surface area contributed by atoms with Gasteiger partial charge in [-0.1, -0.05) is 25.1 Å². The van der Waals surface area contributed by atoms with Gasteiger partial charge in [-0.15, -0.1) is 0 Å². The molecule has 0 heterocycles. The molecule has 1 amide bonds. The molecule has 2 aliphatic carbocycles. The maximum absolute atomic E-state index is 12.9. The number of carbonyl (C=O) groups is 1. The summed E-state index contributed by atoms with van der Waals surface area (Å²) in [4.78, 5) is 15.1. The lowest BCUT2D eigenvalue weighted by molar-refractivity contribution is -0.134. The number of methoxy groups -OCH3 is 1. The normalized spacial score (nSPS) is 24.8. The number of hydrogen-bond acceptors (Lipinski definition) is 2. The first-order chi connectivity index (χ1) is 10.7. The maximum Gasteiger partial charge on any atom is 0.227 e. The van der Waals surface area contributed by atoms with Gasteiger partial charge in [0, 0.05) is 17.6 Å². The van der Waals surface area contributed by atoms with Crippen molar-refractivity contribution >= 4 is 5.91 Å². The van der Waals surface area contributed by atoms with Crippen LogP contribution in [0.25, 0.3) is 0 Å². The van der Waals surface area contributed by atoms with Crippen LogP contribution in [0.3, 0.4) is 0 Å². The van der Waals surface area contributed by atoms with Crippen LogP contribution in [0.5, 0.6) is 5.75 Å². The quantitative estimate of drug-likeness (QED) is 0.827. The maximum atomic E-state index is 12.9. The Labute approximate surface area is 133 Å². The third kappa shape index (κ3) is 3.45. The van der Waals surface area contributed by atoms with E-state index in [9.17, 15) is 4.79 Å². The third-order valence-corrected chi connectivity index (χ3v) is 5.14. The van der Waals surface area contributed by atoms with Gasteiger partial charge in [-0.3, -0.25) is 4.79 Å². The molecule has 120 valence electrons. The Morgan fingerprint density at radius 1 is 1.09 bits per heavy atom. The van der Waals surface area contributed by atoms with E-state index in [-0.39, 0.29) is 5.91 Å². The number of ether oxygens (including phenoxy) is 1. The summed E-state index contributed by atoms with van der Waals surface area (Å²) in [6, 6.07) is 8.84. The minimum Gasteiger partial charge on any atom is -0.496 e. The van der Waals surface area contributed by atoms with Crippen LogP contribution in [-0.2, 0) is 11.2 Å². The van der Waals surface area contributed by atoms with Crippen LogP contribution in [0.1, 0.15) is 51.0 Å². The number of benzene rings is 1. The van der Waals surface area contributed by atoms with Gasteiger partial charge in [-0.2, -0.15) is 0 Å². The molecule has 0 atom stereocenters. The molecule has 3 rings (SSSR count). The van der Waals surface area contributed by atoms with Gasteiger partial charge in [0.1, 0.15) is 5.75 Å². The zero-order chi connectivity index (χ0) is 15.5. The predicted octanol–water partition coefficient (Wildman–Crippen LogP) is 3.81. The van der Waals surface area contributed by atoms with Crippen molar-refractivity contribution in [1.82, 2.24) is 4.90 Å². The molecule has 0 aromatic heterocycles. The Kier molecular flexibility index (Phi) is 4.70. The van der Waals surface area contributed by atoms with Gasteiger partial charge in [-0.25, -0.2) is 0 Å². The molecule has 3 heteroatoms. The monoisotopic (exact) mass is 301 g/mol. The van der Waals surface area contributed by atoms with Gasteiger partial charge < -0.3 is 9.64 Å². The average Bonchev–Trinajstić information content (AvgIpc) is 3.35. The number of para-hydroxylation sites is 1. The lowest BCUT2D eigenvalue weighted by Gasteiger charge is -2.36. The van der Waals surface area contributed by atoms with E-state index >= 15 is 0 Å². The zero-order valence-electron chi connectivity index (χ0n) is 13.8. The van der Waals surface area contributed by atoms with Crippen molar-refractivity contribution in [2.45, 2.75) is 64.0 Å². The van der Waals surface area contributed by atoms with Gasteiger partial charge >= 0.3 is 0 Å². The molecule has 0 aliphatic heterocycles. The average molecular weight is 301 g/mol. The van der Waals surface area contributed by atoms with E-state index < -0.39 is 0 Å². The fourth-order valence-corrected chi connectivity index (χ4v) is 3.68. The fraction of sp³-hybridized carbons (Fsp3) is 0.632. The van der Waals surface area contributed by atoms with Crippen LogP contribution >= 0.6 is 0 Å². The molecular weight excluding hydrogens is 274 g/mol. The zero-order valence-corrected chi connectivity index (χ0v) is 13.8. The van der Waals surface area contributed by atoms with Crippen molar-refractivity contribution in [1.29, 1.82) is 0 Å². The molecular formula is C19H27NO2. The Morgan fingerprint density at radius 2 is 1.68 bits per heavy atom. The molecule has 0 bridgehead atoms. The summed E-state index contributed by atoms with van der Waals surface area (Å²) in [7, 11) is 1.67. The molecule has 2 aliphatic rings. The van der Waals surface area contributed by atoms with Crippen LogP contribution in [0.15, 0.2) is 24.3 Å². The topological polar surface area (TPSA) is 29.5 Å². The van der Waals surface area contributed by atoms with Gasteiger partial charge in [0.2, 0.25) is 5.91 Å². The third-order valence-electron chi connectivity index (χ3n) is 5.14. The van der Waals surface area contributed by atoms with Crippen LogP contribution in [0.2, 0.25) is 0 Å². The van der Waals surface area contributed by atoms with E-state index in [0.717, 1.165) is 17.2 Å². The van der Waals surface area contributed by atoms with Gasteiger partial charge in [0.15, 0.2) is 0 Å². The highest BCUT2D eigenvalue weighted by Crippen LogP contribution is 2.36. The number of rotatable bonds is 5. The van der Waals surface area contributed by atoms with Crippen molar-refractivity contribution in [2.75, 3.05) is 7.11 Å². The second kappa shape index (κ2) is 6.72. The summed E-state index contributed by atoms with van der Waals surface area (Å²) in [5, 5.41) is 0. The molecule has 0 saturated heterocycles. The Morgan fingerprint density at radius 3 is 2.27 bits per heavy atom. The van der Waals surface area contributed by atoms with Crippen LogP contribution in [-0.4, -0.2) is 30.0 Å². The van der Waals surface area contributed by atoms with Crippen molar-refractivity contribution in [3.63, 3.8) is 0 Å². The van der Waals surface area contributed by atoms with Gasteiger partial charge in [0.25, 0.3) is 0 Å². The number of hydrogen-bond donors (Lipinski definition) is 0. The van der Waals surface area contributed by atoms with Crippen LogP contribution < -0.4 is 4.74 Å². The predicted molar refractivity (Wildman–Crippen MR) is 88.0 cm³/mol. The molecule has 3 nitrogen and oxygen atoms in total. The molecule has 0 N–H and O–H groups in total. The van der Waals surface area contributed by atoms with Crippen molar-refractivity contribution in [3.05, 3.63) is 29.8 Å². The summed E-state index contributed by atoms with van der Waals surface area (Å²) in [6.07, 6.45) is 7.70. The highest BCUT2D eigenvalue weighted by atomic mass is 16.5. The highest BCUT2D eigenvalue weighted by Gasteiger charge is 2.38. The SMILES string of the molecule is COc1ccccc1CC(=O)N(C1CCC(C)CC1)C1CC1. The van der Waals surface area contributed by atoms with E-state index in [1.807, 2.05) is 24.3 Å². The highest BCUT2D eigenvalue weighted by molar-refractivity contribution is 5.80. The molecule has 1 aromatic carbocycles. The number of carbonyl (C=O) groups excluding carboxylic acids is 1. The fourth-order valence-electron chi connectivity index (χ4n) is 3.68. The lowest BCUT2D eigenvalue weighted by atomic mass is 9.86. The summed E-state index contributed by atoms with van der Waals surface area (Å²) >= 11 is 0. The second-order valence-corrected chi connectivity index (χ2v) is 6.93. The smallest absolute Gasteiger partial charge is 0.227 e. The van der Waals surface area contributed by atoms with E-state index in [0.29, 0.717) is 18.5 Å². The summed E-state index contributed by atoms with van der Waals surface area (Å²) in [6.45, 7) is 2.33. The van der Waals surface area contributed by atoms with Gasteiger partial charge in [-0.05, 0) is 50.5 Å². The summed E-state index contributed by atoms with van der Waals surface area (Å²) < 4.78 is 5.39. The Bertz CT molecular complexity index is 516. The van der Waals surface area contributed by atoms with Crippen LogP contribution in [0.4, 0.5) is 0 Å². The first-order valence-electron chi connectivity index (χ1n) is 8.62. The van der Waals surface area contributed by atoms with E-state index in [2.05, 4.69) is 11.8 Å². The summed E-state index contributed by atoms with van der Waals surface area (Å²) in [5.74, 6) is 1.93. The molecule has 2 saturated carbocycles.